The van der Waals surface area contributed by atoms with Gasteiger partial charge in [-0.05, 0) is 12.5 Å². The molecule has 2 rings (SSSR count). The largest absolute Gasteiger partial charge is 0.640 e. The van der Waals surface area contributed by atoms with Crippen LogP contribution in [0.3, 0.4) is 0 Å². The van der Waals surface area contributed by atoms with Gasteiger partial charge in [-0.15, -0.1) is 0 Å². The van der Waals surface area contributed by atoms with Crippen LogP contribution in [0, 0.1) is 0 Å². The molecule has 0 saturated carbocycles. The molecule has 0 radical (unpaired) electrons. The summed E-state index contributed by atoms with van der Waals surface area (Å²) in [7, 11) is -0.760. The molecule has 0 aliphatic carbocycles. The second kappa shape index (κ2) is 6.54. The summed E-state index contributed by atoms with van der Waals surface area (Å²) in [5.74, 6) is -0.432. The third kappa shape index (κ3) is 3.84. The third-order valence-electron chi connectivity index (χ3n) is 2.46. The van der Waals surface area contributed by atoms with Crippen LogP contribution < -0.4 is 0 Å². The van der Waals surface area contributed by atoms with E-state index in [9.17, 15) is 4.79 Å². The van der Waals surface area contributed by atoms with Crippen molar-refractivity contribution in [2.45, 2.75) is 19.6 Å². The number of carbonyl (C=O) groups excluding carboxylic acids is 1. The molecule has 0 spiro atoms. The van der Waals surface area contributed by atoms with Crippen LogP contribution >= 0.6 is 0 Å². The highest BCUT2D eigenvalue weighted by molar-refractivity contribution is 6.37. The van der Waals surface area contributed by atoms with Gasteiger partial charge in [-0.25, -0.2) is 4.79 Å². The van der Waals surface area contributed by atoms with E-state index in [4.69, 9.17) is 18.7 Å². The Bertz CT molecular complexity index is 377. The van der Waals surface area contributed by atoms with Gasteiger partial charge < -0.3 is 18.7 Å². The molecule has 1 aromatic carbocycles. The van der Waals surface area contributed by atoms with E-state index in [0.29, 0.717) is 13.2 Å². The summed E-state index contributed by atoms with van der Waals surface area (Å²) in [6.07, 6.45) is -0.711. The molecule has 1 fully saturated rings. The van der Waals surface area contributed by atoms with E-state index in [1.807, 2.05) is 30.3 Å². The van der Waals surface area contributed by atoms with Crippen molar-refractivity contribution in [3.8, 4) is 0 Å². The van der Waals surface area contributed by atoms with Crippen molar-refractivity contribution in [2.75, 3.05) is 13.2 Å². The first kappa shape index (κ1) is 13.1. The molecule has 1 saturated heterocycles. The fraction of sp³-hybridized carbons (Fsp3) is 0.417. The summed E-state index contributed by atoms with van der Waals surface area (Å²) in [6, 6.07) is 9.47. The van der Waals surface area contributed by atoms with Gasteiger partial charge in [0.15, 0.2) is 0 Å². The van der Waals surface area contributed by atoms with Crippen LogP contribution in [0.15, 0.2) is 30.3 Å². The predicted octanol–water partition coefficient (Wildman–Crippen LogP) is 1.17. The van der Waals surface area contributed by atoms with Crippen LogP contribution in [-0.4, -0.2) is 32.6 Å². The lowest BCUT2D eigenvalue weighted by molar-refractivity contribution is -0.153. The SMILES string of the molecule is CC(OB1OCCO1)C(=O)OCc1ccccc1. The minimum atomic E-state index is -0.760. The summed E-state index contributed by atoms with van der Waals surface area (Å²) >= 11 is 0. The van der Waals surface area contributed by atoms with Gasteiger partial charge >= 0.3 is 13.3 Å². The fourth-order valence-electron chi connectivity index (χ4n) is 1.48. The lowest BCUT2D eigenvalue weighted by Gasteiger charge is -2.13. The van der Waals surface area contributed by atoms with Gasteiger partial charge in [-0.3, -0.25) is 0 Å². The molecule has 0 amide bonds. The van der Waals surface area contributed by atoms with Gasteiger partial charge in [0.2, 0.25) is 0 Å². The Morgan fingerprint density at radius 1 is 1.33 bits per heavy atom. The fourth-order valence-corrected chi connectivity index (χ4v) is 1.48. The standard InChI is InChI=1S/C12H15BO5/c1-10(18-13-16-7-8-17-13)12(14)15-9-11-5-3-2-4-6-11/h2-6,10H,7-9H2,1H3. The monoisotopic (exact) mass is 250 g/mol. The second-order valence-electron chi connectivity index (χ2n) is 3.90. The summed E-state index contributed by atoms with van der Waals surface area (Å²) in [5.41, 5.74) is 0.936. The van der Waals surface area contributed by atoms with Crippen molar-refractivity contribution in [1.82, 2.24) is 0 Å². The van der Waals surface area contributed by atoms with Crippen LogP contribution in [0.5, 0.6) is 0 Å². The lowest BCUT2D eigenvalue weighted by atomic mass is 10.2. The highest BCUT2D eigenvalue weighted by Gasteiger charge is 2.31. The summed E-state index contributed by atoms with van der Waals surface area (Å²) in [6.45, 7) is 2.81. The Labute approximate surface area is 106 Å². The van der Waals surface area contributed by atoms with Crippen molar-refractivity contribution in [3.05, 3.63) is 35.9 Å². The molecule has 5 nitrogen and oxygen atoms in total. The topological polar surface area (TPSA) is 54.0 Å². The Morgan fingerprint density at radius 3 is 2.67 bits per heavy atom. The maximum absolute atomic E-state index is 11.6. The normalized spacial score (nSPS) is 16.6. The van der Waals surface area contributed by atoms with Crippen molar-refractivity contribution in [2.24, 2.45) is 0 Å². The average molecular weight is 250 g/mol. The first-order valence-electron chi connectivity index (χ1n) is 5.85. The quantitative estimate of drug-likeness (QED) is 0.579. The maximum Gasteiger partial charge on any atom is 0.640 e. The number of benzene rings is 1. The van der Waals surface area contributed by atoms with Crippen LogP contribution in [-0.2, 0) is 30.1 Å². The summed E-state index contributed by atoms with van der Waals surface area (Å²) in [5, 5.41) is 0. The smallest absolute Gasteiger partial charge is 0.459 e. The van der Waals surface area contributed by atoms with Crippen LogP contribution in [0.1, 0.15) is 12.5 Å². The molecule has 6 heteroatoms. The Balaban J connectivity index is 1.73. The van der Waals surface area contributed by atoms with E-state index >= 15 is 0 Å². The van der Waals surface area contributed by atoms with Crippen LogP contribution in [0.2, 0.25) is 0 Å². The third-order valence-corrected chi connectivity index (χ3v) is 2.46. The van der Waals surface area contributed by atoms with Gasteiger partial charge in [-0.2, -0.15) is 0 Å². The summed E-state index contributed by atoms with van der Waals surface area (Å²) < 4.78 is 20.5. The molecule has 1 unspecified atom stereocenters. The van der Waals surface area contributed by atoms with Crippen molar-refractivity contribution < 1.29 is 23.5 Å². The number of esters is 1. The Kier molecular flexibility index (Phi) is 4.75. The van der Waals surface area contributed by atoms with E-state index < -0.39 is 19.4 Å². The number of hydrogen-bond acceptors (Lipinski definition) is 5. The first-order valence-corrected chi connectivity index (χ1v) is 5.85. The molecule has 1 atom stereocenters. The molecule has 18 heavy (non-hydrogen) atoms. The Morgan fingerprint density at radius 2 is 2.00 bits per heavy atom. The molecule has 0 bridgehead atoms. The van der Waals surface area contributed by atoms with E-state index in [-0.39, 0.29) is 6.61 Å². The van der Waals surface area contributed by atoms with E-state index in [1.165, 1.54) is 0 Å². The number of hydrogen-bond donors (Lipinski definition) is 0. The second-order valence-corrected chi connectivity index (χ2v) is 3.90. The molecular weight excluding hydrogens is 235 g/mol. The highest BCUT2D eigenvalue weighted by atomic mass is 16.8. The highest BCUT2D eigenvalue weighted by Crippen LogP contribution is 2.07. The average Bonchev–Trinajstić information content (AvgIpc) is 2.90. The molecule has 1 aliphatic rings. The van der Waals surface area contributed by atoms with E-state index in [0.717, 1.165) is 5.56 Å². The molecular formula is C12H15BO5. The predicted molar refractivity (Wildman–Crippen MR) is 64.4 cm³/mol. The number of ether oxygens (including phenoxy) is 1. The van der Waals surface area contributed by atoms with Crippen LogP contribution in [0.4, 0.5) is 0 Å². The van der Waals surface area contributed by atoms with Gasteiger partial charge in [0.25, 0.3) is 0 Å². The zero-order chi connectivity index (χ0) is 12.8. The number of rotatable bonds is 5. The molecule has 1 aliphatic heterocycles. The lowest BCUT2D eigenvalue weighted by Crippen LogP contribution is -2.32. The molecule has 1 heterocycles. The maximum atomic E-state index is 11.6. The van der Waals surface area contributed by atoms with Crippen molar-refractivity contribution >= 4 is 13.3 Å². The van der Waals surface area contributed by atoms with Gasteiger partial charge in [0.05, 0.1) is 13.2 Å². The van der Waals surface area contributed by atoms with Crippen molar-refractivity contribution in [3.63, 3.8) is 0 Å². The molecule has 1 aromatic rings. The van der Waals surface area contributed by atoms with Crippen LogP contribution in [0.25, 0.3) is 0 Å². The zero-order valence-corrected chi connectivity index (χ0v) is 10.2. The van der Waals surface area contributed by atoms with Gasteiger partial charge in [0.1, 0.15) is 12.7 Å². The van der Waals surface area contributed by atoms with E-state index in [1.54, 1.807) is 6.92 Å². The van der Waals surface area contributed by atoms with E-state index in [2.05, 4.69) is 0 Å². The Hall–Kier alpha value is -1.37. The number of carbonyl (C=O) groups is 1. The molecule has 0 aromatic heterocycles. The molecule has 0 N–H and O–H groups in total. The molecule has 96 valence electrons. The van der Waals surface area contributed by atoms with Crippen molar-refractivity contribution in [1.29, 1.82) is 0 Å². The minimum Gasteiger partial charge on any atom is -0.459 e. The minimum absolute atomic E-state index is 0.236. The summed E-state index contributed by atoms with van der Waals surface area (Å²) in [4.78, 5) is 11.6. The first-order chi connectivity index (χ1) is 8.75. The zero-order valence-electron chi connectivity index (χ0n) is 10.2. The van der Waals surface area contributed by atoms with Gasteiger partial charge in [0, 0.05) is 0 Å². The van der Waals surface area contributed by atoms with Gasteiger partial charge in [-0.1, -0.05) is 30.3 Å².